The van der Waals surface area contributed by atoms with Crippen molar-refractivity contribution in [3.63, 3.8) is 0 Å². The Morgan fingerprint density at radius 2 is 2.08 bits per heavy atom. The molecule has 1 heterocycles. The number of rotatable bonds is 6. The normalized spacial score (nSPS) is 19.2. The summed E-state index contributed by atoms with van der Waals surface area (Å²) in [6, 6.07) is 6.38. The van der Waals surface area contributed by atoms with Crippen molar-refractivity contribution >= 4 is 15.9 Å². The van der Waals surface area contributed by atoms with Gasteiger partial charge < -0.3 is 10.2 Å². The SMILES string of the molecule is CCCCN(C)C(=O)c1ccccc1S(=O)(=O)N1CCNCC1C. The molecule has 1 saturated heterocycles. The van der Waals surface area contributed by atoms with E-state index >= 15 is 0 Å². The lowest BCUT2D eigenvalue weighted by molar-refractivity contribution is 0.0789. The molecule has 0 aromatic heterocycles. The summed E-state index contributed by atoms with van der Waals surface area (Å²) in [7, 11) is -1.98. The lowest BCUT2D eigenvalue weighted by Crippen LogP contribution is -2.52. The molecule has 0 saturated carbocycles. The highest BCUT2D eigenvalue weighted by Gasteiger charge is 2.33. The second-order valence-corrected chi connectivity index (χ2v) is 8.10. The lowest BCUT2D eigenvalue weighted by Gasteiger charge is -2.33. The quantitative estimate of drug-likeness (QED) is 0.842. The number of unbranched alkanes of at least 4 members (excludes halogenated alkanes) is 1. The summed E-state index contributed by atoms with van der Waals surface area (Å²) >= 11 is 0. The standard InChI is InChI=1S/C17H27N3O3S/c1-4-5-11-19(3)17(21)15-8-6-7-9-16(15)24(22,23)20-12-10-18-13-14(20)2/h6-9,14,18H,4-5,10-13H2,1-3H3. The maximum absolute atomic E-state index is 13.1. The second-order valence-electron chi connectivity index (χ2n) is 6.25. The van der Waals surface area contributed by atoms with Crippen LogP contribution in [0.4, 0.5) is 0 Å². The number of benzene rings is 1. The molecule has 1 N–H and O–H groups in total. The Kier molecular flexibility index (Phi) is 6.37. The van der Waals surface area contributed by atoms with Gasteiger partial charge in [0.1, 0.15) is 0 Å². The highest BCUT2D eigenvalue weighted by atomic mass is 32.2. The third kappa shape index (κ3) is 3.96. The van der Waals surface area contributed by atoms with Crippen LogP contribution in [-0.4, -0.2) is 62.8 Å². The molecular formula is C17H27N3O3S. The maximum Gasteiger partial charge on any atom is 0.254 e. The van der Waals surface area contributed by atoms with E-state index in [1.54, 1.807) is 30.1 Å². The fraction of sp³-hybridized carbons (Fsp3) is 0.588. The molecule has 0 aliphatic carbocycles. The minimum atomic E-state index is -3.70. The number of carbonyl (C=O) groups excluding carboxylic acids is 1. The van der Waals surface area contributed by atoms with Crippen molar-refractivity contribution in [2.24, 2.45) is 0 Å². The lowest BCUT2D eigenvalue weighted by atomic mass is 10.2. The first kappa shape index (κ1) is 18.9. The predicted molar refractivity (Wildman–Crippen MR) is 94.5 cm³/mol. The molecule has 1 fully saturated rings. The van der Waals surface area contributed by atoms with Crippen molar-refractivity contribution in [2.75, 3.05) is 33.2 Å². The van der Waals surface area contributed by atoms with E-state index in [9.17, 15) is 13.2 Å². The Hall–Kier alpha value is -1.44. The second kappa shape index (κ2) is 8.09. The molecule has 7 heteroatoms. The van der Waals surface area contributed by atoms with E-state index in [2.05, 4.69) is 12.2 Å². The van der Waals surface area contributed by atoms with Gasteiger partial charge in [-0.3, -0.25) is 4.79 Å². The van der Waals surface area contributed by atoms with Crippen molar-refractivity contribution in [3.05, 3.63) is 29.8 Å². The first-order valence-electron chi connectivity index (χ1n) is 8.46. The van der Waals surface area contributed by atoms with E-state index in [1.807, 2.05) is 6.92 Å². The van der Waals surface area contributed by atoms with Crippen molar-refractivity contribution in [2.45, 2.75) is 37.6 Å². The molecule has 6 nitrogen and oxygen atoms in total. The molecule has 1 atom stereocenters. The third-order valence-electron chi connectivity index (χ3n) is 4.34. The summed E-state index contributed by atoms with van der Waals surface area (Å²) in [6.45, 7) is 6.21. The van der Waals surface area contributed by atoms with Crippen LogP contribution in [0.25, 0.3) is 0 Å². The molecule has 0 bridgehead atoms. The Morgan fingerprint density at radius 3 is 2.75 bits per heavy atom. The zero-order valence-corrected chi connectivity index (χ0v) is 15.5. The van der Waals surface area contributed by atoms with E-state index < -0.39 is 10.0 Å². The van der Waals surface area contributed by atoms with Crippen molar-refractivity contribution < 1.29 is 13.2 Å². The smallest absolute Gasteiger partial charge is 0.254 e. The van der Waals surface area contributed by atoms with Gasteiger partial charge >= 0.3 is 0 Å². The van der Waals surface area contributed by atoms with Crippen LogP contribution in [-0.2, 0) is 10.0 Å². The maximum atomic E-state index is 13.1. The number of amides is 1. The van der Waals surface area contributed by atoms with E-state index in [1.165, 1.54) is 10.4 Å². The molecule has 0 spiro atoms. The van der Waals surface area contributed by atoms with Gasteiger partial charge in [-0.1, -0.05) is 25.5 Å². The van der Waals surface area contributed by atoms with Crippen molar-refractivity contribution in [1.82, 2.24) is 14.5 Å². The van der Waals surface area contributed by atoms with Crippen LogP contribution in [0.2, 0.25) is 0 Å². The minimum absolute atomic E-state index is 0.104. The molecule has 1 unspecified atom stereocenters. The molecule has 1 aliphatic heterocycles. The summed E-state index contributed by atoms with van der Waals surface area (Å²) in [5, 5.41) is 3.19. The van der Waals surface area contributed by atoms with Gasteiger partial charge in [0.2, 0.25) is 10.0 Å². The first-order valence-corrected chi connectivity index (χ1v) is 9.90. The van der Waals surface area contributed by atoms with Gasteiger partial charge in [0.25, 0.3) is 5.91 Å². The van der Waals surface area contributed by atoms with Crippen molar-refractivity contribution in [1.29, 1.82) is 0 Å². The summed E-state index contributed by atoms with van der Waals surface area (Å²) in [4.78, 5) is 14.4. The van der Waals surface area contributed by atoms with Gasteiger partial charge in [-0.25, -0.2) is 8.42 Å². The summed E-state index contributed by atoms with van der Waals surface area (Å²) in [6.07, 6.45) is 1.88. The number of sulfonamides is 1. The number of piperazine rings is 1. The number of hydrogen-bond donors (Lipinski definition) is 1. The van der Waals surface area contributed by atoms with Crippen LogP contribution < -0.4 is 5.32 Å². The van der Waals surface area contributed by atoms with Crippen LogP contribution in [0.5, 0.6) is 0 Å². The highest BCUT2D eigenvalue weighted by molar-refractivity contribution is 7.89. The molecule has 24 heavy (non-hydrogen) atoms. The fourth-order valence-corrected chi connectivity index (χ4v) is 4.69. The fourth-order valence-electron chi connectivity index (χ4n) is 2.88. The van der Waals surface area contributed by atoms with E-state index in [-0.39, 0.29) is 22.4 Å². The summed E-state index contributed by atoms with van der Waals surface area (Å²) in [5.74, 6) is -0.245. The summed E-state index contributed by atoms with van der Waals surface area (Å²) in [5.41, 5.74) is 0.252. The number of nitrogens with one attached hydrogen (secondary N) is 1. The zero-order valence-electron chi connectivity index (χ0n) is 14.7. The van der Waals surface area contributed by atoms with Gasteiger partial charge in [-0.05, 0) is 25.5 Å². The molecule has 1 aromatic carbocycles. The van der Waals surface area contributed by atoms with Crippen LogP contribution in [0, 0.1) is 0 Å². The molecular weight excluding hydrogens is 326 g/mol. The van der Waals surface area contributed by atoms with Crippen molar-refractivity contribution in [3.8, 4) is 0 Å². The molecule has 1 amide bonds. The van der Waals surface area contributed by atoms with E-state index in [4.69, 9.17) is 0 Å². The van der Waals surface area contributed by atoms with Crippen LogP contribution in [0.15, 0.2) is 29.2 Å². The average molecular weight is 353 g/mol. The predicted octanol–water partition coefficient (Wildman–Crippen LogP) is 1.54. The monoisotopic (exact) mass is 353 g/mol. The Balaban J connectivity index is 2.35. The largest absolute Gasteiger partial charge is 0.342 e. The molecule has 0 radical (unpaired) electrons. The average Bonchev–Trinajstić information content (AvgIpc) is 2.59. The van der Waals surface area contributed by atoms with Gasteiger partial charge in [0, 0.05) is 39.3 Å². The molecule has 134 valence electrons. The Bertz CT molecular complexity index is 675. The number of nitrogens with zero attached hydrogens (tertiary/aromatic N) is 2. The van der Waals surface area contributed by atoms with Crippen LogP contribution in [0.1, 0.15) is 37.0 Å². The number of carbonyl (C=O) groups is 1. The van der Waals surface area contributed by atoms with E-state index in [0.717, 1.165) is 12.8 Å². The minimum Gasteiger partial charge on any atom is -0.342 e. The highest BCUT2D eigenvalue weighted by Crippen LogP contribution is 2.24. The summed E-state index contributed by atoms with van der Waals surface area (Å²) < 4.78 is 27.7. The van der Waals surface area contributed by atoms with Gasteiger partial charge in [-0.2, -0.15) is 4.31 Å². The van der Waals surface area contributed by atoms with Gasteiger partial charge in [-0.15, -0.1) is 0 Å². The van der Waals surface area contributed by atoms with Crippen LogP contribution >= 0.6 is 0 Å². The third-order valence-corrected chi connectivity index (χ3v) is 6.41. The molecule has 2 rings (SSSR count). The first-order chi connectivity index (χ1) is 11.4. The Labute approximate surface area is 144 Å². The van der Waals surface area contributed by atoms with E-state index in [0.29, 0.717) is 26.2 Å². The van der Waals surface area contributed by atoms with Crippen LogP contribution in [0.3, 0.4) is 0 Å². The molecule has 1 aliphatic rings. The number of hydrogen-bond acceptors (Lipinski definition) is 4. The van der Waals surface area contributed by atoms with Gasteiger partial charge in [0.15, 0.2) is 0 Å². The van der Waals surface area contributed by atoms with Gasteiger partial charge in [0.05, 0.1) is 10.5 Å². The Morgan fingerprint density at radius 1 is 1.38 bits per heavy atom. The molecule has 1 aromatic rings. The zero-order chi connectivity index (χ0) is 17.7. The topological polar surface area (TPSA) is 69.7 Å².